The van der Waals surface area contributed by atoms with Crippen LogP contribution in [0.2, 0.25) is 0 Å². The molecule has 66 valence electrons. The predicted molar refractivity (Wildman–Crippen MR) is 44.7 cm³/mol. The van der Waals surface area contributed by atoms with E-state index in [2.05, 4.69) is 0 Å². The van der Waals surface area contributed by atoms with Crippen molar-refractivity contribution in [2.75, 3.05) is 0 Å². The molecule has 0 aliphatic heterocycles. The summed E-state index contributed by atoms with van der Waals surface area (Å²) >= 11 is 0. The summed E-state index contributed by atoms with van der Waals surface area (Å²) in [5.74, 6) is 1.18. The third kappa shape index (κ3) is 1.30. The van der Waals surface area contributed by atoms with Gasteiger partial charge in [0.05, 0.1) is 0 Å². The SMILES string of the molecule is O=C1C[C@H]2CCCCC(=O)[C@H]2C1. The van der Waals surface area contributed by atoms with Crippen LogP contribution in [0.25, 0.3) is 0 Å². The lowest BCUT2D eigenvalue weighted by Crippen LogP contribution is -2.15. The van der Waals surface area contributed by atoms with Gasteiger partial charge < -0.3 is 0 Å². The van der Waals surface area contributed by atoms with Crippen molar-refractivity contribution in [3.63, 3.8) is 0 Å². The molecule has 0 N–H and O–H groups in total. The second-order valence-electron chi connectivity index (χ2n) is 4.03. The average molecular weight is 166 g/mol. The molecule has 2 aliphatic carbocycles. The Morgan fingerprint density at radius 2 is 1.92 bits per heavy atom. The van der Waals surface area contributed by atoms with Crippen molar-refractivity contribution in [2.45, 2.75) is 38.5 Å². The molecular formula is C10H14O2. The number of ketones is 2. The first-order valence-corrected chi connectivity index (χ1v) is 4.82. The van der Waals surface area contributed by atoms with E-state index in [4.69, 9.17) is 0 Å². The van der Waals surface area contributed by atoms with Crippen LogP contribution in [0.1, 0.15) is 38.5 Å². The van der Waals surface area contributed by atoms with Crippen molar-refractivity contribution in [2.24, 2.45) is 11.8 Å². The Hall–Kier alpha value is -0.660. The third-order valence-corrected chi connectivity index (χ3v) is 3.17. The van der Waals surface area contributed by atoms with Crippen LogP contribution in [0.4, 0.5) is 0 Å². The highest BCUT2D eigenvalue weighted by Gasteiger charge is 2.37. The zero-order valence-electron chi connectivity index (χ0n) is 7.21. The van der Waals surface area contributed by atoms with Gasteiger partial charge in [0.1, 0.15) is 11.6 Å². The standard InChI is InChI=1S/C10H14O2/c11-8-5-7-3-1-2-4-10(12)9(7)6-8/h7,9H,1-6H2/t7-,9+/m1/s1. The highest BCUT2D eigenvalue weighted by atomic mass is 16.1. The van der Waals surface area contributed by atoms with E-state index in [1.54, 1.807) is 0 Å². The van der Waals surface area contributed by atoms with E-state index in [1.165, 1.54) is 0 Å². The van der Waals surface area contributed by atoms with Gasteiger partial charge in [-0.3, -0.25) is 9.59 Å². The van der Waals surface area contributed by atoms with E-state index in [9.17, 15) is 9.59 Å². The van der Waals surface area contributed by atoms with Gasteiger partial charge in [-0.25, -0.2) is 0 Å². The number of hydrogen-bond acceptors (Lipinski definition) is 2. The average Bonchev–Trinajstić information content (AvgIpc) is 2.33. The second kappa shape index (κ2) is 3.00. The molecule has 0 heterocycles. The molecule has 2 heteroatoms. The molecule has 0 amide bonds. The fourth-order valence-corrected chi connectivity index (χ4v) is 2.50. The van der Waals surface area contributed by atoms with Gasteiger partial charge in [0.15, 0.2) is 0 Å². The van der Waals surface area contributed by atoms with Gasteiger partial charge in [-0.1, -0.05) is 6.42 Å². The zero-order valence-corrected chi connectivity index (χ0v) is 7.21. The fraction of sp³-hybridized carbons (Fsp3) is 0.800. The van der Waals surface area contributed by atoms with Crippen molar-refractivity contribution in [3.8, 4) is 0 Å². The summed E-state index contributed by atoms with van der Waals surface area (Å²) < 4.78 is 0. The number of hydrogen-bond donors (Lipinski definition) is 0. The summed E-state index contributed by atoms with van der Waals surface area (Å²) in [7, 11) is 0. The Balaban J connectivity index is 2.14. The summed E-state index contributed by atoms with van der Waals surface area (Å²) in [6, 6.07) is 0. The van der Waals surface area contributed by atoms with E-state index in [1.807, 2.05) is 0 Å². The van der Waals surface area contributed by atoms with Gasteiger partial charge >= 0.3 is 0 Å². The van der Waals surface area contributed by atoms with Crippen molar-refractivity contribution in [3.05, 3.63) is 0 Å². The molecule has 2 atom stereocenters. The molecule has 2 saturated carbocycles. The minimum Gasteiger partial charge on any atom is -0.300 e. The molecule has 0 aromatic carbocycles. The molecule has 0 aromatic rings. The Morgan fingerprint density at radius 1 is 1.08 bits per heavy atom. The lowest BCUT2D eigenvalue weighted by atomic mass is 9.91. The lowest BCUT2D eigenvalue weighted by Gasteiger charge is -2.11. The Kier molecular flexibility index (Phi) is 1.99. The van der Waals surface area contributed by atoms with Crippen molar-refractivity contribution >= 4 is 11.6 Å². The molecule has 0 aromatic heterocycles. The van der Waals surface area contributed by atoms with Gasteiger partial charge in [-0.2, -0.15) is 0 Å². The normalized spacial score (nSPS) is 36.3. The van der Waals surface area contributed by atoms with Gasteiger partial charge in [0.2, 0.25) is 0 Å². The van der Waals surface area contributed by atoms with Crippen LogP contribution in [0.3, 0.4) is 0 Å². The zero-order chi connectivity index (χ0) is 8.55. The number of fused-ring (bicyclic) bond motifs is 1. The molecular weight excluding hydrogens is 152 g/mol. The monoisotopic (exact) mass is 166 g/mol. The summed E-state index contributed by atoms with van der Waals surface area (Å²) in [6.07, 6.45) is 5.22. The van der Waals surface area contributed by atoms with Crippen molar-refractivity contribution in [1.82, 2.24) is 0 Å². The minimum atomic E-state index is 0.111. The van der Waals surface area contributed by atoms with Crippen molar-refractivity contribution < 1.29 is 9.59 Å². The predicted octanol–water partition coefficient (Wildman–Crippen LogP) is 1.72. The highest BCUT2D eigenvalue weighted by molar-refractivity contribution is 5.91. The van der Waals surface area contributed by atoms with Crippen LogP contribution < -0.4 is 0 Å². The molecule has 0 radical (unpaired) electrons. The van der Waals surface area contributed by atoms with E-state index < -0.39 is 0 Å². The molecule has 2 rings (SSSR count). The smallest absolute Gasteiger partial charge is 0.136 e. The molecule has 2 aliphatic rings. The minimum absolute atomic E-state index is 0.111. The molecule has 12 heavy (non-hydrogen) atoms. The van der Waals surface area contributed by atoms with Crippen LogP contribution in [-0.2, 0) is 9.59 Å². The number of rotatable bonds is 0. The van der Waals surface area contributed by atoms with Gasteiger partial charge in [-0.15, -0.1) is 0 Å². The molecule has 0 unspecified atom stereocenters. The Labute approximate surface area is 72.3 Å². The van der Waals surface area contributed by atoms with Crippen molar-refractivity contribution in [1.29, 1.82) is 0 Å². The second-order valence-corrected chi connectivity index (χ2v) is 4.03. The van der Waals surface area contributed by atoms with Crippen LogP contribution in [0.15, 0.2) is 0 Å². The first-order valence-electron chi connectivity index (χ1n) is 4.82. The topological polar surface area (TPSA) is 34.1 Å². The highest BCUT2D eigenvalue weighted by Crippen LogP contribution is 2.37. The maximum absolute atomic E-state index is 11.5. The molecule has 0 bridgehead atoms. The van der Waals surface area contributed by atoms with Gasteiger partial charge in [0.25, 0.3) is 0 Å². The van der Waals surface area contributed by atoms with E-state index >= 15 is 0 Å². The third-order valence-electron chi connectivity index (χ3n) is 3.17. The summed E-state index contributed by atoms with van der Waals surface area (Å²) in [4.78, 5) is 22.6. The van der Waals surface area contributed by atoms with Crippen LogP contribution in [-0.4, -0.2) is 11.6 Å². The van der Waals surface area contributed by atoms with Gasteiger partial charge in [-0.05, 0) is 18.8 Å². The summed E-state index contributed by atoms with van der Waals surface area (Å²) in [6.45, 7) is 0. The number of carbonyl (C=O) groups is 2. The molecule has 0 spiro atoms. The Morgan fingerprint density at radius 3 is 2.75 bits per heavy atom. The quantitative estimate of drug-likeness (QED) is 0.549. The van der Waals surface area contributed by atoms with Gasteiger partial charge in [0, 0.05) is 25.2 Å². The first-order chi connectivity index (χ1) is 5.77. The first kappa shape index (κ1) is 7.96. The van der Waals surface area contributed by atoms with E-state index in [-0.39, 0.29) is 5.92 Å². The maximum Gasteiger partial charge on any atom is 0.136 e. The largest absolute Gasteiger partial charge is 0.300 e. The maximum atomic E-state index is 11.5. The van der Waals surface area contributed by atoms with Crippen LogP contribution in [0, 0.1) is 11.8 Å². The molecule has 0 saturated heterocycles. The summed E-state index contributed by atoms with van der Waals surface area (Å²) in [5.41, 5.74) is 0. The summed E-state index contributed by atoms with van der Waals surface area (Å²) in [5, 5.41) is 0. The Bertz CT molecular complexity index is 220. The number of Topliss-reactive ketones (excluding diaryl/α,β-unsaturated/α-hetero) is 2. The molecule has 2 fully saturated rings. The lowest BCUT2D eigenvalue weighted by molar-refractivity contribution is -0.125. The fourth-order valence-electron chi connectivity index (χ4n) is 2.50. The van der Waals surface area contributed by atoms with Crippen LogP contribution >= 0.6 is 0 Å². The van der Waals surface area contributed by atoms with E-state index in [0.717, 1.165) is 19.3 Å². The van der Waals surface area contributed by atoms with E-state index in [0.29, 0.717) is 36.7 Å². The molecule has 2 nitrogen and oxygen atoms in total. The van der Waals surface area contributed by atoms with Crippen LogP contribution in [0.5, 0.6) is 0 Å². The number of carbonyl (C=O) groups excluding carboxylic acids is 2.